The zero-order valence-corrected chi connectivity index (χ0v) is 17.2. The number of anilines is 1. The van der Waals surface area contributed by atoms with Crippen LogP contribution in [0.1, 0.15) is 6.23 Å². The largest absolute Gasteiger partial charge is 0.756 e. The van der Waals surface area contributed by atoms with E-state index in [-0.39, 0.29) is 12.4 Å². The minimum Gasteiger partial charge on any atom is -0.756 e. The van der Waals surface area contributed by atoms with E-state index in [1.165, 1.54) is 17.2 Å². The number of nitrogens with two attached hydrogens (primary N) is 1. The van der Waals surface area contributed by atoms with Gasteiger partial charge in [0, 0.05) is 0 Å². The van der Waals surface area contributed by atoms with Gasteiger partial charge < -0.3 is 39.1 Å². The van der Waals surface area contributed by atoms with E-state index in [2.05, 4.69) is 15.0 Å². The summed E-state index contributed by atoms with van der Waals surface area (Å²) in [5.41, 5.74) is 6.35. The number of fused-ring (bicyclic) bond motifs is 1. The fraction of sp³-hybridized carbons (Fsp3) is 0.667. The normalized spacial score (nSPS) is 27.4. The lowest BCUT2D eigenvalue weighted by Crippen LogP contribution is -2.38. The molecule has 2 aromatic rings. The number of imidazole rings is 1. The number of aliphatic hydroxyl groups excluding tert-OH is 2. The number of aliphatic hydroxyl groups is 2. The number of rotatable bonds is 8. The lowest BCUT2D eigenvalue weighted by molar-refractivity contribution is -0.870. The Hall–Kier alpha value is -1.70. The van der Waals surface area contributed by atoms with Gasteiger partial charge >= 0.3 is 0 Å². The average molecular weight is 432 g/mol. The van der Waals surface area contributed by atoms with E-state index in [0.717, 1.165) is 0 Å². The molecular weight excluding hydrogens is 407 g/mol. The van der Waals surface area contributed by atoms with Crippen molar-refractivity contribution in [2.45, 2.75) is 24.5 Å². The van der Waals surface area contributed by atoms with Gasteiger partial charge in [-0.25, -0.2) is 15.0 Å². The van der Waals surface area contributed by atoms with E-state index < -0.39 is 39.0 Å². The molecule has 0 spiro atoms. The highest BCUT2D eigenvalue weighted by Crippen LogP contribution is 2.40. The van der Waals surface area contributed by atoms with Crippen molar-refractivity contribution >= 4 is 24.8 Å². The predicted octanol–water partition coefficient (Wildman–Crippen LogP) is -1.76. The maximum atomic E-state index is 11.9. The molecule has 3 rings (SSSR count). The van der Waals surface area contributed by atoms with Crippen LogP contribution in [-0.2, 0) is 18.3 Å². The average Bonchev–Trinajstić information content (AvgIpc) is 3.15. The Morgan fingerprint density at radius 1 is 1.28 bits per heavy atom. The summed E-state index contributed by atoms with van der Waals surface area (Å²) in [6, 6.07) is 0. The molecule has 29 heavy (non-hydrogen) atoms. The molecule has 0 bridgehead atoms. The molecule has 162 valence electrons. The standard InChI is InChI=1S/C15H25N6O7P/c1-21(2,3)4-5-26-29(24,25)27-6-9-11(22)12(23)15(28-9)20-8-19-10-13(16)17-7-18-14(10)20/h7-9,11-12,15,22-23H,4-6H2,1-3H3,(H2-,16,17,18,24,25)/t9-,11-,12-,15-/m1/s1. The smallest absolute Gasteiger partial charge is 0.268 e. The summed E-state index contributed by atoms with van der Waals surface area (Å²) in [6.07, 6.45) is -2.38. The summed E-state index contributed by atoms with van der Waals surface area (Å²) in [5.74, 6) is 0.153. The van der Waals surface area contributed by atoms with E-state index >= 15 is 0 Å². The first kappa shape index (κ1) is 22.0. The van der Waals surface area contributed by atoms with Gasteiger partial charge in [-0.3, -0.25) is 9.13 Å². The highest BCUT2D eigenvalue weighted by Gasteiger charge is 2.44. The van der Waals surface area contributed by atoms with E-state index in [1.807, 2.05) is 21.1 Å². The Morgan fingerprint density at radius 3 is 2.69 bits per heavy atom. The summed E-state index contributed by atoms with van der Waals surface area (Å²) < 4.78 is 29.1. The number of nitrogen functional groups attached to an aromatic ring is 1. The maximum Gasteiger partial charge on any atom is 0.268 e. The number of quaternary nitrogens is 1. The summed E-state index contributed by atoms with van der Waals surface area (Å²) in [4.78, 5) is 23.9. The van der Waals surface area contributed by atoms with Crippen LogP contribution >= 0.6 is 7.82 Å². The molecule has 1 aliphatic heterocycles. The van der Waals surface area contributed by atoms with Crippen molar-refractivity contribution in [1.82, 2.24) is 19.5 Å². The van der Waals surface area contributed by atoms with Crippen molar-refractivity contribution in [3.05, 3.63) is 12.7 Å². The third-order valence-electron chi connectivity index (χ3n) is 4.41. The van der Waals surface area contributed by atoms with Crippen molar-refractivity contribution in [1.29, 1.82) is 0 Å². The first-order valence-corrected chi connectivity index (χ1v) is 10.3. The van der Waals surface area contributed by atoms with Gasteiger partial charge in [0.15, 0.2) is 17.7 Å². The topological polar surface area (TPSA) is 178 Å². The number of hydrogen-bond donors (Lipinski definition) is 3. The molecule has 13 nitrogen and oxygen atoms in total. The summed E-state index contributed by atoms with van der Waals surface area (Å²) in [7, 11) is 1.08. The van der Waals surface area contributed by atoms with Crippen LogP contribution in [0.2, 0.25) is 0 Å². The minimum atomic E-state index is -4.59. The molecule has 0 aliphatic carbocycles. The quantitative estimate of drug-likeness (QED) is 0.318. The minimum absolute atomic E-state index is 0.0498. The molecule has 1 aliphatic rings. The molecule has 3 heterocycles. The lowest BCUT2D eigenvalue weighted by Gasteiger charge is -2.28. The zero-order chi connectivity index (χ0) is 21.4. The summed E-state index contributed by atoms with van der Waals surface area (Å²) >= 11 is 0. The molecule has 4 N–H and O–H groups in total. The molecule has 0 amide bonds. The first-order chi connectivity index (χ1) is 13.5. The SMILES string of the molecule is C[N+](C)(C)CCOP(=O)([O-])OC[C@H]1O[C@@H](n2cnc3c(N)ncnc32)[C@H](O)[C@@H]1O. The van der Waals surface area contributed by atoms with Crippen LogP contribution in [0.25, 0.3) is 11.2 Å². The number of ether oxygens (including phenoxy) is 1. The zero-order valence-electron chi connectivity index (χ0n) is 16.3. The maximum absolute atomic E-state index is 11.9. The molecule has 1 fully saturated rings. The molecule has 14 heteroatoms. The predicted molar refractivity (Wildman–Crippen MR) is 98.1 cm³/mol. The van der Waals surface area contributed by atoms with Crippen LogP contribution in [0.4, 0.5) is 5.82 Å². The molecule has 0 radical (unpaired) electrons. The lowest BCUT2D eigenvalue weighted by atomic mass is 10.1. The van der Waals surface area contributed by atoms with Crippen molar-refractivity contribution < 1.29 is 37.9 Å². The van der Waals surface area contributed by atoms with E-state index in [4.69, 9.17) is 19.5 Å². The van der Waals surface area contributed by atoms with Gasteiger partial charge in [-0.15, -0.1) is 0 Å². The molecule has 1 unspecified atom stereocenters. The van der Waals surface area contributed by atoms with Crippen LogP contribution in [0.5, 0.6) is 0 Å². The number of likely N-dealkylation sites (N-methyl/N-ethyl adjacent to an activating group) is 1. The van der Waals surface area contributed by atoms with Crippen LogP contribution in [0, 0.1) is 0 Å². The van der Waals surface area contributed by atoms with Crippen LogP contribution < -0.4 is 10.6 Å². The Kier molecular flexibility index (Phi) is 6.22. The highest BCUT2D eigenvalue weighted by atomic mass is 31.2. The second-order valence-corrected chi connectivity index (χ2v) is 9.13. The first-order valence-electron chi connectivity index (χ1n) is 8.84. The number of hydrogen-bond acceptors (Lipinski definition) is 11. The molecule has 0 aromatic carbocycles. The number of phosphoric acid groups is 1. The van der Waals surface area contributed by atoms with Gasteiger partial charge in [0.05, 0.1) is 34.1 Å². The fourth-order valence-electron chi connectivity index (χ4n) is 2.78. The third kappa shape index (κ3) is 5.08. The summed E-state index contributed by atoms with van der Waals surface area (Å²) in [6.45, 7) is -0.118. The van der Waals surface area contributed by atoms with E-state index in [9.17, 15) is 19.7 Å². The Labute approximate surface area is 166 Å². The van der Waals surface area contributed by atoms with E-state index in [1.54, 1.807) is 0 Å². The van der Waals surface area contributed by atoms with Gasteiger partial charge in [0.2, 0.25) is 0 Å². The Morgan fingerprint density at radius 2 is 2.00 bits per heavy atom. The van der Waals surface area contributed by atoms with Gasteiger partial charge in [-0.05, 0) is 0 Å². The summed E-state index contributed by atoms with van der Waals surface area (Å²) in [5, 5.41) is 20.6. The fourth-order valence-corrected chi connectivity index (χ4v) is 3.49. The number of aromatic nitrogens is 4. The highest BCUT2D eigenvalue weighted by molar-refractivity contribution is 7.45. The Bertz CT molecular complexity index is 903. The number of phosphoric ester groups is 1. The van der Waals surface area contributed by atoms with Crippen LogP contribution in [-0.4, -0.2) is 93.4 Å². The second kappa shape index (κ2) is 8.20. The van der Waals surface area contributed by atoms with E-state index in [0.29, 0.717) is 22.2 Å². The third-order valence-corrected chi connectivity index (χ3v) is 5.37. The van der Waals surface area contributed by atoms with Crippen molar-refractivity contribution in [3.8, 4) is 0 Å². The number of nitrogens with zero attached hydrogens (tertiary/aromatic N) is 5. The van der Waals surface area contributed by atoms with Gasteiger partial charge in [-0.1, -0.05) is 0 Å². The van der Waals surface area contributed by atoms with Gasteiger partial charge in [0.25, 0.3) is 7.82 Å². The molecule has 5 atom stereocenters. The molecule has 2 aromatic heterocycles. The monoisotopic (exact) mass is 432 g/mol. The van der Waals surface area contributed by atoms with Crippen LogP contribution in [0.15, 0.2) is 12.7 Å². The van der Waals surface area contributed by atoms with Crippen LogP contribution in [0.3, 0.4) is 0 Å². The second-order valence-electron chi connectivity index (χ2n) is 7.72. The molecule has 0 saturated carbocycles. The van der Waals surface area contributed by atoms with Crippen molar-refractivity contribution in [2.24, 2.45) is 0 Å². The van der Waals surface area contributed by atoms with Crippen molar-refractivity contribution in [2.75, 3.05) is 46.6 Å². The van der Waals surface area contributed by atoms with Gasteiger partial charge in [0.1, 0.15) is 43.3 Å². The molecular formula is C15H25N6O7P. The van der Waals surface area contributed by atoms with Crippen molar-refractivity contribution in [3.63, 3.8) is 0 Å². The van der Waals surface area contributed by atoms with Gasteiger partial charge in [-0.2, -0.15) is 0 Å². The molecule has 1 saturated heterocycles. The Balaban J connectivity index is 1.63.